The summed E-state index contributed by atoms with van der Waals surface area (Å²) in [6, 6.07) is 31.9. The van der Waals surface area contributed by atoms with Gasteiger partial charge in [-0.1, -0.05) is 84.4 Å². The molecule has 0 radical (unpaired) electrons. The van der Waals surface area contributed by atoms with Crippen LogP contribution in [0.4, 0.5) is 0 Å². The fourth-order valence-electron chi connectivity index (χ4n) is 4.29. The monoisotopic (exact) mass is 370 g/mol. The molecule has 5 aromatic carbocycles. The third-order valence-electron chi connectivity index (χ3n) is 5.71. The highest BCUT2D eigenvalue weighted by Gasteiger charge is 2.15. The highest BCUT2D eigenvalue weighted by Crippen LogP contribution is 2.39. The molecule has 0 saturated carbocycles. The zero-order valence-electron chi connectivity index (χ0n) is 16.1. The quantitative estimate of drug-likeness (QED) is 0.229. The second-order valence-corrected chi connectivity index (χ2v) is 7.55. The van der Waals surface area contributed by atoms with Crippen molar-refractivity contribution in [2.24, 2.45) is 0 Å². The molecule has 2 heteroatoms. The van der Waals surface area contributed by atoms with Gasteiger partial charge in [0.2, 0.25) is 0 Å². The number of nitrogens with zero attached hydrogens (tertiary/aromatic N) is 2. The van der Waals surface area contributed by atoms with E-state index in [1.165, 1.54) is 32.8 Å². The minimum Gasteiger partial charge on any atom is -0.244 e. The van der Waals surface area contributed by atoms with Crippen LogP contribution in [0.2, 0.25) is 0 Å². The molecule has 1 aromatic heterocycles. The van der Waals surface area contributed by atoms with Crippen LogP contribution in [0, 0.1) is 6.92 Å². The van der Waals surface area contributed by atoms with Crippen LogP contribution in [0.15, 0.2) is 91.0 Å². The Labute approximate surface area is 168 Å². The van der Waals surface area contributed by atoms with E-state index in [-0.39, 0.29) is 0 Å². The van der Waals surface area contributed by atoms with E-state index in [0.717, 1.165) is 27.5 Å². The maximum absolute atomic E-state index is 5.10. The van der Waals surface area contributed by atoms with E-state index in [9.17, 15) is 0 Å². The molecular formula is C27H18N2. The van der Waals surface area contributed by atoms with E-state index in [4.69, 9.17) is 9.97 Å². The predicted molar refractivity (Wildman–Crippen MR) is 122 cm³/mol. The van der Waals surface area contributed by atoms with E-state index < -0.39 is 0 Å². The Hall–Kier alpha value is -3.78. The first-order chi connectivity index (χ1) is 14.3. The smallest absolute Gasteiger partial charge is 0.0985 e. The molecule has 2 nitrogen and oxygen atoms in total. The summed E-state index contributed by atoms with van der Waals surface area (Å²) in [4.78, 5) is 10.1. The third-order valence-corrected chi connectivity index (χ3v) is 5.71. The molecule has 0 aliphatic carbocycles. The average molecular weight is 370 g/mol. The van der Waals surface area contributed by atoms with Crippen molar-refractivity contribution in [3.05, 3.63) is 96.6 Å². The lowest BCUT2D eigenvalue weighted by molar-refractivity contribution is 1.42. The second kappa shape index (κ2) is 6.11. The van der Waals surface area contributed by atoms with Crippen molar-refractivity contribution in [1.82, 2.24) is 9.97 Å². The zero-order valence-corrected chi connectivity index (χ0v) is 16.1. The second-order valence-electron chi connectivity index (χ2n) is 7.55. The summed E-state index contributed by atoms with van der Waals surface area (Å²) in [7, 11) is 0. The number of aryl methyl sites for hydroxylation is 1. The van der Waals surface area contributed by atoms with Crippen molar-refractivity contribution in [1.29, 1.82) is 0 Å². The highest BCUT2D eigenvalue weighted by atomic mass is 14.8. The lowest BCUT2D eigenvalue weighted by Crippen LogP contribution is -1.93. The Kier molecular flexibility index (Phi) is 3.41. The molecule has 6 rings (SSSR count). The Bertz CT molecular complexity index is 1550. The molecule has 0 unspecified atom stereocenters. The van der Waals surface area contributed by atoms with Gasteiger partial charge in [0, 0.05) is 10.8 Å². The number of benzene rings is 5. The van der Waals surface area contributed by atoms with E-state index in [1.807, 2.05) is 24.3 Å². The Morgan fingerprint density at radius 3 is 1.90 bits per heavy atom. The van der Waals surface area contributed by atoms with Gasteiger partial charge in [-0.15, -0.1) is 0 Å². The standard InChI is InChI=1S/C27H18N2/c1-17-13-15-18(16-14-17)19-9-6-10-21-20-7-2-3-8-22(20)26-27(25(19)21)29-24-12-5-4-11-23(24)28-26/h2-16H,1H3. The van der Waals surface area contributed by atoms with Crippen molar-refractivity contribution in [3.63, 3.8) is 0 Å². The minimum atomic E-state index is 0.926. The number of hydrogen-bond donors (Lipinski definition) is 0. The molecule has 0 saturated heterocycles. The van der Waals surface area contributed by atoms with Crippen molar-refractivity contribution in [2.75, 3.05) is 0 Å². The summed E-state index contributed by atoms with van der Waals surface area (Å²) in [5, 5.41) is 4.75. The van der Waals surface area contributed by atoms with Crippen LogP contribution >= 0.6 is 0 Å². The van der Waals surface area contributed by atoms with E-state index >= 15 is 0 Å². The average Bonchev–Trinajstić information content (AvgIpc) is 2.78. The predicted octanol–water partition coefficient (Wildman–Crippen LogP) is 7.06. The van der Waals surface area contributed by atoms with Gasteiger partial charge in [0.25, 0.3) is 0 Å². The third kappa shape index (κ3) is 2.43. The lowest BCUT2D eigenvalue weighted by atomic mass is 9.92. The van der Waals surface area contributed by atoms with Gasteiger partial charge in [-0.25, -0.2) is 9.97 Å². The fraction of sp³-hybridized carbons (Fsp3) is 0.0370. The maximum Gasteiger partial charge on any atom is 0.0985 e. The summed E-state index contributed by atoms with van der Waals surface area (Å²) >= 11 is 0. The molecule has 6 aromatic rings. The normalized spacial score (nSPS) is 11.6. The van der Waals surface area contributed by atoms with Crippen molar-refractivity contribution in [3.8, 4) is 11.1 Å². The molecule has 29 heavy (non-hydrogen) atoms. The van der Waals surface area contributed by atoms with Gasteiger partial charge in [0.05, 0.1) is 22.1 Å². The Morgan fingerprint density at radius 2 is 1.14 bits per heavy atom. The van der Waals surface area contributed by atoms with Crippen LogP contribution in [0.25, 0.3) is 54.7 Å². The number of hydrogen-bond acceptors (Lipinski definition) is 2. The maximum atomic E-state index is 5.10. The molecule has 0 bridgehead atoms. The molecule has 0 spiro atoms. The van der Waals surface area contributed by atoms with E-state index in [0.29, 0.717) is 0 Å². The van der Waals surface area contributed by atoms with Crippen LogP contribution in [-0.4, -0.2) is 9.97 Å². The molecule has 0 fully saturated rings. The van der Waals surface area contributed by atoms with Crippen molar-refractivity contribution in [2.45, 2.75) is 6.92 Å². The van der Waals surface area contributed by atoms with Crippen LogP contribution in [-0.2, 0) is 0 Å². The van der Waals surface area contributed by atoms with Gasteiger partial charge in [-0.05, 0) is 41.0 Å². The van der Waals surface area contributed by atoms with Crippen LogP contribution < -0.4 is 0 Å². The SMILES string of the molecule is Cc1ccc(-c2cccc3c4ccccc4c4nc5ccccc5nc4c23)cc1. The van der Waals surface area contributed by atoms with Crippen LogP contribution in [0.1, 0.15) is 5.56 Å². The topological polar surface area (TPSA) is 25.8 Å². The van der Waals surface area contributed by atoms with Gasteiger partial charge >= 0.3 is 0 Å². The summed E-state index contributed by atoms with van der Waals surface area (Å²) in [6.45, 7) is 2.12. The van der Waals surface area contributed by atoms with Crippen LogP contribution in [0.5, 0.6) is 0 Å². The molecule has 136 valence electrons. The zero-order chi connectivity index (χ0) is 19.4. The Morgan fingerprint density at radius 1 is 0.517 bits per heavy atom. The van der Waals surface area contributed by atoms with Crippen LogP contribution in [0.3, 0.4) is 0 Å². The largest absolute Gasteiger partial charge is 0.244 e. The van der Waals surface area contributed by atoms with Gasteiger partial charge in [-0.3, -0.25) is 0 Å². The number of rotatable bonds is 1. The van der Waals surface area contributed by atoms with Gasteiger partial charge < -0.3 is 0 Å². The number of aromatic nitrogens is 2. The van der Waals surface area contributed by atoms with Crippen molar-refractivity contribution >= 4 is 43.6 Å². The first-order valence-electron chi connectivity index (χ1n) is 9.86. The summed E-state index contributed by atoms with van der Waals surface area (Å²) in [5.41, 5.74) is 7.44. The van der Waals surface area contributed by atoms with Crippen molar-refractivity contribution < 1.29 is 0 Å². The summed E-state index contributed by atoms with van der Waals surface area (Å²) in [5.74, 6) is 0. The lowest BCUT2D eigenvalue weighted by Gasteiger charge is -2.14. The van der Waals surface area contributed by atoms with Gasteiger partial charge in [-0.2, -0.15) is 0 Å². The summed E-state index contributed by atoms with van der Waals surface area (Å²) in [6.07, 6.45) is 0. The fourth-order valence-corrected chi connectivity index (χ4v) is 4.29. The van der Waals surface area contributed by atoms with Gasteiger partial charge in [0.15, 0.2) is 0 Å². The molecule has 0 N–H and O–H groups in total. The highest BCUT2D eigenvalue weighted by molar-refractivity contribution is 6.27. The first-order valence-corrected chi connectivity index (χ1v) is 9.86. The summed E-state index contributed by atoms with van der Waals surface area (Å²) < 4.78 is 0. The molecule has 1 heterocycles. The molecule has 0 atom stereocenters. The molecule has 0 amide bonds. The molecule has 0 aliphatic rings. The first kappa shape index (κ1) is 16.2. The molecular weight excluding hydrogens is 352 g/mol. The van der Waals surface area contributed by atoms with Gasteiger partial charge in [0.1, 0.15) is 0 Å². The molecule has 0 aliphatic heterocycles. The minimum absolute atomic E-state index is 0.926. The Balaban J connectivity index is 1.89. The van der Waals surface area contributed by atoms with E-state index in [1.54, 1.807) is 0 Å². The number of para-hydroxylation sites is 2. The number of fused-ring (bicyclic) bond motifs is 7. The van der Waals surface area contributed by atoms with E-state index in [2.05, 4.69) is 73.7 Å².